The van der Waals surface area contributed by atoms with Crippen molar-refractivity contribution in [2.24, 2.45) is 5.41 Å². The molecule has 1 rings (SSSR count). The zero-order chi connectivity index (χ0) is 14.3. The number of hydrogen-bond acceptors (Lipinski definition) is 3. The van der Waals surface area contributed by atoms with Crippen molar-refractivity contribution in [3.05, 3.63) is 0 Å². The van der Waals surface area contributed by atoms with Gasteiger partial charge in [-0.15, -0.1) is 0 Å². The van der Waals surface area contributed by atoms with Gasteiger partial charge in [-0.1, -0.05) is 20.8 Å². The molecule has 1 aliphatic heterocycles. The SMILES string of the molecule is CC(C)(C)CC(=O)N1CCC(NCCCC#N)CC1. The number of rotatable bonds is 5. The Kier molecular flexibility index (Phi) is 6.30. The summed E-state index contributed by atoms with van der Waals surface area (Å²) in [4.78, 5) is 14.1. The zero-order valence-electron chi connectivity index (χ0n) is 12.5. The molecular formula is C15H27N3O. The number of carbonyl (C=O) groups excluding carboxylic acids is 1. The molecule has 0 aromatic heterocycles. The lowest BCUT2D eigenvalue weighted by atomic mass is 9.91. The van der Waals surface area contributed by atoms with Crippen LogP contribution < -0.4 is 5.32 Å². The predicted molar refractivity (Wildman–Crippen MR) is 76.5 cm³/mol. The molecule has 0 radical (unpaired) electrons. The molecular weight excluding hydrogens is 238 g/mol. The van der Waals surface area contributed by atoms with Gasteiger partial charge in [0.2, 0.25) is 5.91 Å². The molecule has 0 atom stereocenters. The van der Waals surface area contributed by atoms with Gasteiger partial charge >= 0.3 is 0 Å². The molecule has 4 heteroatoms. The van der Waals surface area contributed by atoms with Gasteiger partial charge in [-0.3, -0.25) is 4.79 Å². The maximum absolute atomic E-state index is 12.1. The summed E-state index contributed by atoms with van der Waals surface area (Å²) < 4.78 is 0. The first-order valence-electron chi connectivity index (χ1n) is 7.30. The van der Waals surface area contributed by atoms with Crippen molar-refractivity contribution in [2.45, 2.75) is 58.9 Å². The number of hydrogen-bond donors (Lipinski definition) is 1. The average Bonchev–Trinajstić information content (AvgIpc) is 2.33. The second-order valence-electron chi connectivity index (χ2n) is 6.61. The van der Waals surface area contributed by atoms with Crippen LogP contribution >= 0.6 is 0 Å². The lowest BCUT2D eigenvalue weighted by Gasteiger charge is -2.34. The third kappa shape index (κ3) is 6.58. The van der Waals surface area contributed by atoms with Crippen molar-refractivity contribution in [2.75, 3.05) is 19.6 Å². The number of amides is 1. The van der Waals surface area contributed by atoms with Gasteiger partial charge in [-0.2, -0.15) is 5.26 Å². The number of carbonyl (C=O) groups is 1. The Labute approximate surface area is 117 Å². The molecule has 1 heterocycles. The summed E-state index contributed by atoms with van der Waals surface area (Å²) in [5, 5.41) is 11.9. The standard InChI is InChI=1S/C15H27N3O/c1-15(2,3)12-14(19)18-10-6-13(7-11-18)17-9-5-4-8-16/h13,17H,4-7,9-12H2,1-3H3. The van der Waals surface area contributed by atoms with Crippen LogP contribution in [0.1, 0.15) is 52.9 Å². The van der Waals surface area contributed by atoms with E-state index in [0.717, 1.165) is 38.9 Å². The topological polar surface area (TPSA) is 56.1 Å². The molecule has 108 valence electrons. The van der Waals surface area contributed by atoms with E-state index >= 15 is 0 Å². The zero-order valence-corrected chi connectivity index (χ0v) is 12.5. The van der Waals surface area contributed by atoms with Crippen LogP contribution in [0.4, 0.5) is 0 Å². The Bertz CT molecular complexity index is 319. The van der Waals surface area contributed by atoms with Crippen LogP contribution in [0.5, 0.6) is 0 Å². The first kappa shape index (κ1) is 16.0. The number of likely N-dealkylation sites (tertiary alicyclic amines) is 1. The van der Waals surface area contributed by atoms with Crippen molar-refractivity contribution >= 4 is 5.91 Å². The van der Waals surface area contributed by atoms with Crippen LogP contribution in [0.2, 0.25) is 0 Å². The molecule has 19 heavy (non-hydrogen) atoms. The van der Waals surface area contributed by atoms with Crippen molar-refractivity contribution < 1.29 is 4.79 Å². The Morgan fingerprint density at radius 3 is 2.53 bits per heavy atom. The molecule has 0 aliphatic carbocycles. The average molecular weight is 265 g/mol. The van der Waals surface area contributed by atoms with Gasteiger partial charge < -0.3 is 10.2 Å². The van der Waals surface area contributed by atoms with E-state index in [1.165, 1.54) is 0 Å². The van der Waals surface area contributed by atoms with Gasteiger partial charge in [0, 0.05) is 32.0 Å². The Morgan fingerprint density at radius 1 is 1.37 bits per heavy atom. The van der Waals surface area contributed by atoms with E-state index in [4.69, 9.17) is 5.26 Å². The molecule has 0 aromatic rings. The minimum atomic E-state index is 0.0729. The number of nitriles is 1. The number of unbranched alkanes of at least 4 members (excludes halogenated alkanes) is 1. The molecule has 1 fully saturated rings. The maximum atomic E-state index is 12.1. The van der Waals surface area contributed by atoms with Gasteiger partial charge in [0.1, 0.15) is 0 Å². The fourth-order valence-corrected chi connectivity index (χ4v) is 2.37. The van der Waals surface area contributed by atoms with Crippen molar-refractivity contribution in [1.29, 1.82) is 5.26 Å². The third-order valence-corrected chi connectivity index (χ3v) is 3.43. The third-order valence-electron chi connectivity index (χ3n) is 3.43. The quantitative estimate of drug-likeness (QED) is 0.776. The highest BCUT2D eigenvalue weighted by Gasteiger charge is 2.25. The van der Waals surface area contributed by atoms with Crippen LogP contribution in [0, 0.1) is 16.7 Å². The van der Waals surface area contributed by atoms with Gasteiger partial charge in [-0.05, 0) is 31.2 Å². The van der Waals surface area contributed by atoms with Crippen molar-refractivity contribution in [3.8, 4) is 6.07 Å². The van der Waals surface area contributed by atoms with Gasteiger partial charge in [0.05, 0.1) is 6.07 Å². The molecule has 0 spiro atoms. The number of nitrogens with one attached hydrogen (secondary N) is 1. The van der Waals surface area contributed by atoms with Crippen molar-refractivity contribution in [1.82, 2.24) is 10.2 Å². The van der Waals surface area contributed by atoms with Gasteiger partial charge in [-0.25, -0.2) is 0 Å². The smallest absolute Gasteiger partial charge is 0.223 e. The van der Waals surface area contributed by atoms with Crippen LogP contribution in [0.3, 0.4) is 0 Å². The predicted octanol–water partition coefficient (Wildman–Crippen LogP) is 2.31. The molecule has 4 nitrogen and oxygen atoms in total. The summed E-state index contributed by atoms with van der Waals surface area (Å²) in [6.07, 6.45) is 4.23. The van der Waals surface area contributed by atoms with Crippen LogP contribution in [0.15, 0.2) is 0 Å². The lowest BCUT2D eigenvalue weighted by Crippen LogP contribution is -2.45. The molecule has 1 amide bonds. The summed E-state index contributed by atoms with van der Waals surface area (Å²) in [6, 6.07) is 2.67. The van der Waals surface area contributed by atoms with E-state index in [0.29, 0.717) is 18.9 Å². The Hall–Kier alpha value is -1.08. The summed E-state index contributed by atoms with van der Waals surface area (Å²) in [5.74, 6) is 0.287. The number of piperidine rings is 1. The Balaban J connectivity index is 2.22. The minimum absolute atomic E-state index is 0.0729. The van der Waals surface area contributed by atoms with Crippen molar-refractivity contribution in [3.63, 3.8) is 0 Å². The maximum Gasteiger partial charge on any atom is 0.223 e. The fraction of sp³-hybridized carbons (Fsp3) is 0.867. The molecule has 0 aromatic carbocycles. The summed E-state index contributed by atoms with van der Waals surface area (Å²) in [7, 11) is 0. The highest BCUT2D eigenvalue weighted by Crippen LogP contribution is 2.21. The summed E-state index contributed by atoms with van der Waals surface area (Å²) >= 11 is 0. The van der Waals surface area contributed by atoms with E-state index in [1.807, 2.05) is 4.90 Å². The highest BCUT2D eigenvalue weighted by atomic mass is 16.2. The molecule has 1 N–H and O–H groups in total. The van der Waals surface area contributed by atoms with E-state index in [9.17, 15) is 4.79 Å². The minimum Gasteiger partial charge on any atom is -0.343 e. The first-order valence-corrected chi connectivity index (χ1v) is 7.30. The second kappa shape index (κ2) is 7.49. The van der Waals surface area contributed by atoms with E-state index in [-0.39, 0.29) is 11.3 Å². The normalized spacial score (nSPS) is 17.3. The van der Waals surface area contributed by atoms with Gasteiger partial charge in [0.25, 0.3) is 0 Å². The lowest BCUT2D eigenvalue weighted by molar-refractivity contribution is -0.134. The molecule has 0 bridgehead atoms. The van der Waals surface area contributed by atoms with Crippen LogP contribution in [0.25, 0.3) is 0 Å². The van der Waals surface area contributed by atoms with Gasteiger partial charge in [0.15, 0.2) is 0 Å². The summed E-state index contributed by atoms with van der Waals surface area (Å²) in [6.45, 7) is 8.96. The molecule has 0 saturated carbocycles. The molecule has 1 saturated heterocycles. The monoisotopic (exact) mass is 265 g/mol. The first-order chi connectivity index (χ1) is 8.92. The Morgan fingerprint density at radius 2 is 2.00 bits per heavy atom. The molecule has 0 unspecified atom stereocenters. The number of nitrogens with zero attached hydrogens (tertiary/aromatic N) is 2. The van der Waals surface area contributed by atoms with Crippen LogP contribution in [-0.4, -0.2) is 36.5 Å². The second-order valence-corrected chi connectivity index (χ2v) is 6.61. The van der Waals surface area contributed by atoms with E-state index in [1.54, 1.807) is 0 Å². The largest absolute Gasteiger partial charge is 0.343 e. The van der Waals surface area contributed by atoms with Crippen LogP contribution in [-0.2, 0) is 4.79 Å². The highest BCUT2D eigenvalue weighted by molar-refractivity contribution is 5.76. The van der Waals surface area contributed by atoms with E-state index < -0.39 is 0 Å². The summed E-state index contributed by atoms with van der Waals surface area (Å²) in [5.41, 5.74) is 0.0729. The fourth-order valence-electron chi connectivity index (χ4n) is 2.37. The van der Waals surface area contributed by atoms with E-state index in [2.05, 4.69) is 32.2 Å². The molecule has 1 aliphatic rings.